The van der Waals surface area contributed by atoms with Crippen molar-refractivity contribution in [3.8, 4) is 0 Å². The van der Waals surface area contributed by atoms with Gasteiger partial charge in [-0.05, 0) is 61.8 Å². The minimum absolute atomic E-state index is 1.04. The van der Waals surface area contributed by atoms with Crippen LogP contribution >= 0.6 is 188 Å². The van der Waals surface area contributed by atoms with E-state index in [1.807, 2.05) is 188 Å². The maximum Gasteiger partial charge on any atom is 0.0667 e. The van der Waals surface area contributed by atoms with E-state index in [4.69, 9.17) is 0 Å². The fourth-order valence-corrected chi connectivity index (χ4v) is 23.4. The van der Waals surface area contributed by atoms with Crippen LogP contribution in [0.3, 0.4) is 0 Å². The van der Waals surface area contributed by atoms with Crippen LogP contribution in [0.1, 0.15) is 0 Å². The third-order valence-electron chi connectivity index (χ3n) is 4.42. The standard InChI is InChI=1S/C23H24S16/c1-24-16-17(25-2)33-12(32-16)7-9-14-36-20(28-5)22(38-14)30-11-31-23-21(29-6)37-15(39-23)10-8-13-34-18(26-3)19(27-4)35-13/h7-10H,11H2,1-6H3/b14-9-,15-10+. The van der Waals surface area contributed by atoms with E-state index in [0.717, 1.165) is 5.08 Å². The molecule has 4 aliphatic rings. The van der Waals surface area contributed by atoms with Gasteiger partial charge in [-0.15, -0.1) is 94.1 Å². The topological polar surface area (TPSA) is 0 Å². The second kappa shape index (κ2) is 18.6. The number of rotatable bonds is 12. The van der Waals surface area contributed by atoms with Crippen LogP contribution < -0.4 is 0 Å². The van der Waals surface area contributed by atoms with E-state index < -0.39 is 0 Å². The van der Waals surface area contributed by atoms with E-state index in [9.17, 15) is 0 Å². The normalized spacial score (nSPS) is 22.3. The maximum absolute atomic E-state index is 2.31. The number of hydrogen-bond donors (Lipinski definition) is 0. The monoisotopic (exact) mass is 812 g/mol. The van der Waals surface area contributed by atoms with Crippen molar-refractivity contribution >= 4 is 188 Å². The summed E-state index contributed by atoms with van der Waals surface area (Å²) in [5.74, 6) is 0. The SMILES string of the molecule is CSC1=C(SC)SC(=C/C=C2/SC(SC)=C(SCSC3=C(SC)S/C(=C\C=C4SC(SC)=C(SC)S4)S3)S2)S1. The van der Waals surface area contributed by atoms with E-state index in [-0.39, 0.29) is 0 Å². The molecule has 0 atom stereocenters. The summed E-state index contributed by atoms with van der Waals surface area (Å²) < 4.78 is 17.0. The van der Waals surface area contributed by atoms with E-state index in [1.165, 1.54) is 50.8 Å². The quantitative estimate of drug-likeness (QED) is 0.172. The summed E-state index contributed by atoms with van der Waals surface area (Å²) in [6.45, 7) is 0. The summed E-state index contributed by atoms with van der Waals surface area (Å²) >= 11 is 30.5. The van der Waals surface area contributed by atoms with Crippen LogP contribution in [-0.2, 0) is 0 Å². The van der Waals surface area contributed by atoms with E-state index in [0.29, 0.717) is 0 Å². The number of thioether (sulfide) groups is 16. The Hall–Kier alpha value is 3.52. The van der Waals surface area contributed by atoms with Crippen LogP contribution in [0.4, 0.5) is 0 Å². The van der Waals surface area contributed by atoms with Gasteiger partial charge in [0.05, 0.1) is 50.8 Å². The van der Waals surface area contributed by atoms with Gasteiger partial charge in [0.15, 0.2) is 0 Å². The Morgan fingerprint density at radius 2 is 0.564 bits per heavy atom. The van der Waals surface area contributed by atoms with Crippen LogP contribution in [0.5, 0.6) is 0 Å². The van der Waals surface area contributed by atoms with Crippen molar-refractivity contribution in [3.63, 3.8) is 0 Å². The lowest BCUT2D eigenvalue weighted by Gasteiger charge is -2.04. The fourth-order valence-electron chi connectivity index (χ4n) is 2.76. The molecule has 212 valence electrons. The lowest BCUT2D eigenvalue weighted by Crippen LogP contribution is -1.74. The predicted octanol–water partition coefficient (Wildman–Crippen LogP) is 14.4. The third-order valence-corrected chi connectivity index (χ3v) is 25.3. The molecule has 0 N–H and O–H groups in total. The maximum atomic E-state index is 2.31. The van der Waals surface area contributed by atoms with Crippen molar-refractivity contribution in [3.05, 3.63) is 75.2 Å². The van der Waals surface area contributed by atoms with Crippen LogP contribution in [0.2, 0.25) is 0 Å². The Bertz CT molecular complexity index is 1070. The number of hydrogen-bond acceptors (Lipinski definition) is 16. The van der Waals surface area contributed by atoms with Crippen LogP contribution in [0.15, 0.2) is 75.2 Å². The number of allylic oxidation sites excluding steroid dienone is 4. The van der Waals surface area contributed by atoms with Crippen molar-refractivity contribution in [2.45, 2.75) is 0 Å². The third kappa shape index (κ3) is 10.3. The molecule has 0 spiro atoms. The Balaban J connectivity index is 1.29. The van der Waals surface area contributed by atoms with Crippen molar-refractivity contribution in [2.24, 2.45) is 0 Å². The van der Waals surface area contributed by atoms with Crippen LogP contribution in [0, 0.1) is 0 Å². The second-order valence-corrected chi connectivity index (χ2v) is 25.4. The first-order valence-corrected chi connectivity index (χ1v) is 26.6. The Labute approximate surface area is 301 Å². The summed E-state index contributed by atoms with van der Waals surface area (Å²) in [7, 11) is 0. The second-order valence-electron chi connectivity index (χ2n) is 6.69. The van der Waals surface area contributed by atoms with Gasteiger partial charge in [0.25, 0.3) is 0 Å². The van der Waals surface area contributed by atoms with Crippen molar-refractivity contribution in [1.82, 2.24) is 0 Å². The molecule has 0 nitrogen and oxygen atoms in total. The van der Waals surface area contributed by atoms with Gasteiger partial charge < -0.3 is 0 Å². The van der Waals surface area contributed by atoms with E-state index in [2.05, 4.69) is 61.8 Å². The van der Waals surface area contributed by atoms with E-state index in [1.54, 1.807) is 0 Å². The molecule has 0 saturated carbocycles. The molecule has 39 heavy (non-hydrogen) atoms. The molecule has 0 saturated heterocycles. The molecule has 0 amide bonds. The molecular formula is C23H24S16. The molecule has 4 rings (SSSR count). The smallest absolute Gasteiger partial charge is 0.0667 e. The molecule has 0 unspecified atom stereocenters. The summed E-state index contributed by atoms with van der Waals surface area (Å²) in [5.41, 5.74) is 0. The van der Waals surface area contributed by atoms with E-state index >= 15 is 0 Å². The summed E-state index contributed by atoms with van der Waals surface area (Å²) in [6.07, 6.45) is 22.3. The molecule has 0 radical (unpaired) electrons. The summed E-state index contributed by atoms with van der Waals surface area (Å²) in [6, 6.07) is 0. The molecule has 0 aromatic heterocycles. The average Bonchev–Trinajstić information content (AvgIpc) is 3.74. The zero-order chi connectivity index (χ0) is 27.8. The van der Waals surface area contributed by atoms with Gasteiger partial charge in [-0.25, -0.2) is 0 Å². The van der Waals surface area contributed by atoms with Crippen molar-refractivity contribution in [1.29, 1.82) is 0 Å². The van der Waals surface area contributed by atoms with Gasteiger partial charge in [-0.2, -0.15) is 0 Å². The largest absolute Gasteiger partial charge is 0.121 e. The lowest BCUT2D eigenvalue weighted by molar-refractivity contribution is 2.05. The predicted molar refractivity (Wildman–Crippen MR) is 222 cm³/mol. The van der Waals surface area contributed by atoms with Gasteiger partial charge >= 0.3 is 0 Å². The Morgan fingerprint density at radius 3 is 0.795 bits per heavy atom. The Morgan fingerprint density at radius 1 is 0.359 bits per heavy atom. The summed E-state index contributed by atoms with van der Waals surface area (Å²) in [4.78, 5) is 0. The first kappa shape index (κ1) is 35.4. The highest BCUT2D eigenvalue weighted by atomic mass is 32.3. The zero-order valence-corrected chi connectivity index (χ0v) is 34.6. The summed E-state index contributed by atoms with van der Waals surface area (Å²) in [5, 5.41) is 1.04. The molecule has 4 aliphatic heterocycles. The molecule has 0 aromatic carbocycles. The van der Waals surface area contributed by atoms with Gasteiger partial charge in [-0.3, -0.25) is 0 Å². The highest BCUT2D eigenvalue weighted by molar-refractivity contribution is 8.44. The minimum Gasteiger partial charge on any atom is -0.121 e. The fraction of sp³-hybridized carbons (Fsp3) is 0.304. The zero-order valence-electron chi connectivity index (χ0n) is 21.5. The molecule has 4 heterocycles. The van der Waals surface area contributed by atoms with Crippen LogP contribution in [0.25, 0.3) is 0 Å². The molecule has 0 bridgehead atoms. The van der Waals surface area contributed by atoms with Gasteiger partial charge in [0.1, 0.15) is 0 Å². The highest BCUT2D eigenvalue weighted by Crippen LogP contribution is 2.61. The van der Waals surface area contributed by atoms with Gasteiger partial charge in [-0.1, -0.05) is 94.1 Å². The Kier molecular flexibility index (Phi) is 16.9. The molecule has 0 aliphatic carbocycles. The molecule has 0 aromatic rings. The average molecular weight is 814 g/mol. The van der Waals surface area contributed by atoms with Crippen molar-refractivity contribution < 1.29 is 0 Å². The van der Waals surface area contributed by atoms with Gasteiger partial charge in [0, 0.05) is 5.08 Å². The molecular weight excluding hydrogens is 789 g/mol. The molecule has 0 fully saturated rings. The first-order chi connectivity index (χ1) is 19.0. The van der Waals surface area contributed by atoms with Crippen LogP contribution in [-0.4, -0.2) is 42.6 Å². The van der Waals surface area contributed by atoms with Crippen molar-refractivity contribution in [2.75, 3.05) is 42.6 Å². The highest BCUT2D eigenvalue weighted by Gasteiger charge is 2.25. The first-order valence-electron chi connectivity index (χ1n) is 10.7. The molecule has 16 heteroatoms. The minimum atomic E-state index is 1.04. The van der Waals surface area contributed by atoms with Gasteiger partial charge in [0.2, 0.25) is 0 Å². The lowest BCUT2D eigenvalue weighted by atomic mass is 10.6.